The van der Waals surface area contributed by atoms with Crippen LogP contribution >= 0.6 is 23.2 Å². The molecule has 1 saturated carbocycles. The minimum Gasteiger partial charge on any atom is -0.489 e. The van der Waals surface area contributed by atoms with Crippen LogP contribution in [0.3, 0.4) is 0 Å². The average Bonchev–Trinajstić information content (AvgIpc) is 3.08. The zero-order valence-electron chi connectivity index (χ0n) is 20.9. The summed E-state index contributed by atoms with van der Waals surface area (Å²) in [5.41, 5.74) is 5.69. The summed E-state index contributed by atoms with van der Waals surface area (Å²) in [6.45, 7) is 5.75. The zero-order valence-corrected chi connectivity index (χ0v) is 22.4. The maximum atomic E-state index is 13.2. The molecule has 0 saturated heterocycles. The number of ether oxygens (including phenoxy) is 2. The molecule has 0 aliphatic heterocycles. The number of halogens is 2. The number of rotatable bonds is 9. The second-order valence-electron chi connectivity index (χ2n) is 9.93. The van der Waals surface area contributed by atoms with Crippen LogP contribution in [-0.2, 0) is 32.1 Å². The molecule has 36 heavy (non-hydrogen) atoms. The summed E-state index contributed by atoms with van der Waals surface area (Å²) in [6.07, 6.45) is 1.25. The summed E-state index contributed by atoms with van der Waals surface area (Å²) in [4.78, 5) is 37.8. The van der Waals surface area contributed by atoms with Crippen molar-refractivity contribution in [3.63, 3.8) is 0 Å². The number of amides is 2. The number of carbonyl (C=O) groups is 3. The Hall–Kier alpha value is -2.77. The Kier molecular flexibility index (Phi) is 8.57. The van der Waals surface area contributed by atoms with Gasteiger partial charge in [0.1, 0.15) is 18.4 Å². The van der Waals surface area contributed by atoms with E-state index in [9.17, 15) is 14.4 Å². The molecule has 3 N–H and O–H groups in total. The van der Waals surface area contributed by atoms with Crippen LogP contribution in [0, 0.1) is 16.7 Å². The fourth-order valence-corrected chi connectivity index (χ4v) is 5.30. The molecule has 2 amide bonds. The first-order chi connectivity index (χ1) is 16.9. The number of carbonyl (C=O) groups excluding carboxylic acids is 3. The summed E-state index contributed by atoms with van der Waals surface area (Å²) in [7, 11) is 1.28. The van der Waals surface area contributed by atoms with Crippen molar-refractivity contribution in [2.75, 3.05) is 7.11 Å². The minimum absolute atomic E-state index is 0.208. The Balaban J connectivity index is 1.67. The van der Waals surface area contributed by atoms with Crippen LogP contribution in [0.15, 0.2) is 42.5 Å². The van der Waals surface area contributed by atoms with E-state index in [1.807, 2.05) is 26.0 Å². The molecule has 2 aromatic carbocycles. The third-order valence-corrected chi connectivity index (χ3v) is 8.41. The largest absolute Gasteiger partial charge is 0.489 e. The van der Waals surface area contributed by atoms with Gasteiger partial charge in [-0.3, -0.25) is 9.59 Å². The number of benzene rings is 2. The van der Waals surface area contributed by atoms with Gasteiger partial charge < -0.3 is 20.5 Å². The molecule has 0 heterocycles. The smallest absolute Gasteiger partial charge is 0.328 e. The van der Waals surface area contributed by atoms with Gasteiger partial charge in [-0.25, -0.2) is 4.79 Å². The van der Waals surface area contributed by atoms with Crippen LogP contribution in [0.2, 0.25) is 10.0 Å². The lowest BCUT2D eigenvalue weighted by Crippen LogP contribution is -2.51. The standard InChI is InChI=1S/C27H32Cl2N2O5/c1-26(2)19(12-13-27(26,3)25(30)34)23(32)31-22(24(33)35-4)14-16-8-10-17(11-9-16)36-15-18-20(28)6-5-7-21(18)29/h5-11,19,22H,12-15H2,1-4H3,(H2,30,34)(H,31,32)/t19-,22-,27+/m1/s1. The SMILES string of the molecule is COC(=O)[C@@H](Cc1ccc(OCc2c(Cl)cccc2Cl)cc1)NC(=O)[C@H]1CC[C@@](C)(C(N)=O)C1(C)C. The Morgan fingerprint density at radius 3 is 2.22 bits per heavy atom. The number of hydrogen-bond donors (Lipinski definition) is 2. The first kappa shape index (κ1) is 27.8. The van der Waals surface area contributed by atoms with E-state index in [0.29, 0.717) is 34.2 Å². The van der Waals surface area contributed by atoms with Gasteiger partial charge >= 0.3 is 5.97 Å². The average molecular weight is 535 g/mol. The van der Waals surface area contributed by atoms with Gasteiger partial charge in [0.15, 0.2) is 0 Å². The van der Waals surface area contributed by atoms with Crippen LogP contribution < -0.4 is 15.8 Å². The van der Waals surface area contributed by atoms with Crippen molar-refractivity contribution in [3.8, 4) is 5.75 Å². The molecule has 0 bridgehead atoms. The van der Waals surface area contributed by atoms with E-state index in [-0.39, 0.29) is 18.9 Å². The van der Waals surface area contributed by atoms with E-state index in [4.69, 9.17) is 38.4 Å². The highest BCUT2D eigenvalue weighted by atomic mass is 35.5. The summed E-state index contributed by atoms with van der Waals surface area (Å²) in [6, 6.07) is 11.6. The topological polar surface area (TPSA) is 108 Å². The summed E-state index contributed by atoms with van der Waals surface area (Å²) >= 11 is 12.4. The first-order valence-electron chi connectivity index (χ1n) is 11.7. The molecular weight excluding hydrogens is 503 g/mol. The van der Waals surface area contributed by atoms with Gasteiger partial charge in [0.25, 0.3) is 0 Å². The van der Waals surface area contributed by atoms with E-state index < -0.39 is 34.7 Å². The van der Waals surface area contributed by atoms with Gasteiger partial charge in [0.2, 0.25) is 11.8 Å². The van der Waals surface area contributed by atoms with Crippen LogP contribution in [0.1, 0.15) is 44.7 Å². The quantitative estimate of drug-likeness (QED) is 0.453. The normalized spacial score (nSPS) is 21.4. The highest BCUT2D eigenvalue weighted by molar-refractivity contribution is 6.35. The Bertz CT molecular complexity index is 1120. The van der Waals surface area contributed by atoms with Gasteiger partial charge in [-0.05, 0) is 48.1 Å². The molecule has 194 valence electrons. The molecular formula is C27H32Cl2N2O5. The lowest BCUT2D eigenvalue weighted by atomic mass is 9.65. The van der Waals surface area contributed by atoms with E-state index in [2.05, 4.69) is 5.32 Å². The zero-order chi connectivity index (χ0) is 26.7. The van der Waals surface area contributed by atoms with E-state index in [1.54, 1.807) is 37.3 Å². The van der Waals surface area contributed by atoms with Gasteiger partial charge in [-0.1, -0.05) is 62.2 Å². The van der Waals surface area contributed by atoms with Gasteiger partial charge in [-0.15, -0.1) is 0 Å². The molecule has 0 unspecified atom stereocenters. The van der Waals surface area contributed by atoms with Crippen molar-refractivity contribution in [3.05, 3.63) is 63.6 Å². The molecule has 3 atom stereocenters. The lowest BCUT2D eigenvalue weighted by Gasteiger charge is -2.39. The van der Waals surface area contributed by atoms with Crippen molar-refractivity contribution in [2.24, 2.45) is 22.5 Å². The minimum atomic E-state index is -0.882. The third kappa shape index (κ3) is 5.62. The highest BCUT2D eigenvalue weighted by Gasteiger charge is 2.57. The van der Waals surface area contributed by atoms with Gasteiger partial charge in [0, 0.05) is 27.9 Å². The molecule has 1 aliphatic carbocycles. The van der Waals surface area contributed by atoms with Crippen LogP contribution in [-0.4, -0.2) is 30.9 Å². The van der Waals surface area contributed by atoms with Crippen molar-refractivity contribution in [1.82, 2.24) is 5.32 Å². The van der Waals surface area contributed by atoms with Crippen molar-refractivity contribution < 1.29 is 23.9 Å². The van der Waals surface area contributed by atoms with E-state index in [0.717, 1.165) is 5.56 Å². The maximum Gasteiger partial charge on any atom is 0.328 e. The predicted molar refractivity (Wildman–Crippen MR) is 139 cm³/mol. The maximum absolute atomic E-state index is 13.2. The summed E-state index contributed by atoms with van der Waals surface area (Å²) in [5.74, 6) is -1.13. The Labute approximate surface area is 221 Å². The third-order valence-electron chi connectivity index (χ3n) is 7.70. The van der Waals surface area contributed by atoms with E-state index in [1.165, 1.54) is 7.11 Å². The summed E-state index contributed by atoms with van der Waals surface area (Å²) < 4.78 is 10.7. The van der Waals surface area contributed by atoms with Gasteiger partial charge in [-0.2, -0.15) is 0 Å². The monoisotopic (exact) mass is 534 g/mol. The van der Waals surface area contributed by atoms with Crippen LogP contribution in [0.5, 0.6) is 5.75 Å². The van der Waals surface area contributed by atoms with Crippen LogP contribution in [0.4, 0.5) is 0 Å². The molecule has 2 aromatic rings. The molecule has 3 rings (SSSR count). The first-order valence-corrected chi connectivity index (χ1v) is 12.5. The van der Waals surface area contributed by atoms with Crippen molar-refractivity contribution in [2.45, 2.75) is 52.7 Å². The molecule has 9 heteroatoms. The summed E-state index contributed by atoms with van der Waals surface area (Å²) in [5, 5.41) is 3.89. The molecule has 0 spiro atoms. The van der Waals surface area contributed by atoms with E-state index >= 15 is 0 Å². The number of esters is 1. The second-order valence-corrected chi connectivity index (χ2v) is 10.7. The number of methoxy groups -OCH3 is 1. The number of nitrogens with one attached hydrogen (secondary N) is 1. The molecule has 1 fully saturated rings. The second kappa shape index (κ2) is 11.1. The fraction of sp³-hybridized carbons (Fsp3) is 0.444. The number of primary amides is 1. The predicted octanol–water partition coefficient (Wildman–Crippen LogP) is 4.70. The molecule has 0 aromatic heterocycles. The molecule has 1 aliphatic rings. The highest BCUT2D eigenvalue weighted by Crippen LogP contribution is 2.55. The fourth-order valence-electron chi connectivity index (χ4n) is 4.79. The Morgan fingerprint density at radius 2 is 1.69 bits per heavy atom. The lowest BCUT2D eigenvalue weighted by molar-refractivity contribution is -0.147. The number of hydrogen-bond acceptors (Lipinski definition) is 5. The molecule has 7 nitrogen and oxygen atoms in total. The van der Waals surface area contributed by atoms with Crippen LogP contribution in [0.25, 0.3) is 0 Å². The van der Waals surface area contributed by atoms with Gasteiger partial charge in [0.05, 0.1) is 12.5 Å². The molecule has 0 radical (unpaired) electrons. The van der Waals surface area contributed by atoms with Crippen molar-refractivity contribution >= 4 is 41.0 Å². The Morgan fingerprint density at radius 1 is 1.08 bits per heavy atom. The van der Waals surface area contributed by atoms with Crippen molar-refractivity contribution in [1.29, 1.82) is 0 Å². The number of nitrogens with two attached hydrogens (primary N) is 1.